The molecule has 1 N–H and O–H groups in total. The molecule has 0 radical (unpaired) electrons. The minimum atomic E-state index is -0.682. The van der Waals surface area contributed by atoms with E-state index in [1.807, 2.05) is 66.1 Å². The first-order valence-corrected chi connectivity index (χ1v) is 10.0. The van der Waals surface area contributed by atoms with E-state index in [4.69, 9.17) is 4.74 Å². The zero-order valence-electron chi connectivity index (χ0n) is 17.5. The number of amides is 1. The standard InChI is InChI=1S/C25H23N3O3/c1-17-15-21(18-7-4-3-5-8-18)23(28(17)13-14-31-2)24(29)25(30)27-22-10-6-9-19-16-26-12-11-20(19)22/h3-12,15-16H,13-14H2,1-2H3,(H,27,30). The lowest BCUT2D eigenvalue weighted by Gasteiger charge is -2.13. The van der Waals surface area contributed by atoms with Gasteiger partial charge in [-0.15, -0.1) is 0 Å². The number of fused-ring (bicyclic) bond motifs is 1. The topological polar surface area (TPSA) is 73.2 Å². The van der Waals surface area contributed by atoms with Crippen molar-refractivity contribution in [3.8, 4) is 11.1 Å². The van der Waals surface area contributed by atoms with Crippen molar-refractivity contribution in [1.29, 1.82) is 0 Å². The Bertz CT molecular complexity index is 1240. The molecule has 31 heavy (non-hydrogen) atoms. The van der Waals surface area contributed by atoms with Crippen molar-refractivity contribution in [1.82, 2.24) is 9.55 Å². The molecular formula is C25H23N3O3. The highest BCUT2D eigenvalue weighted by atomic mass is 16.5. The number of carbonyl (C=O) groups excluding carboxylic acids is 2. The predicted molar refractivity (Wildman–Crippen MR) is 121 cm³/mol. The number of nitrogens with one attached hydrogen (secondary N) is 1. The van der Waals surface area contributed by atoms with Gasteiger partial charge in [-0.05, 0) is 30.7 Å². The molecule has 6 nitrogen and oxygen atoms in total. The maximum atomic E-state index is 13.4. The molecule has 0 aliphatic carbocycles. The lowest BCUT2D eigenvalue weighted by molar-refractivity contribution is -0.112. The second-order valence-corrected chi connectivity index (χ2v) is 7.24. The first kappa shape index (κ1) is 20.5. The average Bonchev–Trinajstić information content (AvgIpc) is 3.14. The first-order valence-electron chi connectivity index (χ1n) is 10.0. The summed E-state index contributed by atoms with van der Waals surface area (Å²) in [6.07, 6.45) is 3.38. The largest absolute Gasteiger partial charge is 0.383 e. The molecule has 0 aliphatic heterocycles. The van der Waals surface area contributed by atoms with E-state index < -0.39 is 11.7 Å². The molecule has 2 aromatic carbocycles. The number of carbonyl (C=O) groups is 2. The number of ether oxygens (including phenoxy) is 1. The van der Waals surface area contributed by atoms with Crippen molar-refractivity contribution in [2.45, 2.75) is 13.5 Å². The molecule has 0 spiro atoms. The van der Waals surface area contributed by atoms with Gasteiger partial charge in [-0.2, -0.15) is 0 Å². The maximum absolute atomic E-state index is 13.4. The number of ketones is 1. The van der Waals surface area contributed by atoms with Crippen molar-refractivity contribution >= 4 is 28.2 Å². The van der Waals surface area contributed by atoms with E-state index in [-0.39, 0.29) is 0 Å². The zero-order chi connectivity index (χ0) is 21.8. The number of pyridine rings is 1. The van der Waals surface area contributed by atoms with Crippen LogP contribution in [0.4, 0.5) is 5.69 Å². The third-order valence-corrected chi connectivity index (χ3v) is 5.26. The Labute approximate surface area is 180 Å². The molecule has 0 atom stereocenters. The van der Waals surface area contributed by atoms with Crippen molar-refractivity contribution in [2.75, 3.05) is 19.0 Å². The summed E-state index contributed by atoms with van der Waals surface area (Å²) in [4.78, 5) is 30.6. The molecular weight excluding hydrogens is 390 g/mol. The lowest BCUT2D eigenvalue weighted by atomic mass is 10.0. The number of aryl methyl sites for hydroxylation is 1. The molecule has 0 bridgehead atoms. The Morgan fingerprint density at radius 1 is 1.06 bits per heavy atom. The van der Waals surface area contributed by atoms with Crippen LogP contribution < -0.4 is 5.32 Å². The van der Waals surface area contributed by atoms with Crippen LogP contribution in [0.15, 0.2) is 73.1 Å². The molecule has 0 saturated carbocycles. The molecule has 2 aromatic heterocycles. The van der Waals surface area contributed by atoms with Gasteiger partial charge in [-0.25, -0.2) is 0 Å². The smallest absolute Gasteiger partial charge is 0.298 e. The second kappa shape index (κ2) is 8.93. The fourth-order valence-electron chi connectivity index (χ4n) is 3.75. The summed E-state index contributed by atoms with van der Waals surface area (Å²) in [6.45, 7) is 2.83. The Balaban J connectivity index is 1.73. The van der Waals surface area contributed by atoms with Crippen molar-refractivity contribution in [3.05, 3.63) is 84.4 Å². The number of nitrogens with zero attached hydrogens (tertiary/aromatic N) is 2. The van der Waals surface area contributed by atoms with E-state index >= 15 is 0 Å². The van der Waals surface area contributed by atoms with Crippen LogP contribution in [0.5, 0.6) is 0 Å². The molecule has 1 amide bonds. The molecule has 4 rings (SSSR count). The van der Waals surface area contributed by atoms with Gasteiger partial charge >= 0.3 is 0 Å². The predicted octanol–water partition coefficient (Wildman–Crippen LogP) is 4.48. The highest BCUT2D eigenvalue weighted by Gasteiger charge is 2.26. The van der Waals surface area contributed by atoms with Crippen molar-refractivity contribution in [2.24, 2.45) is 0 Å². The van der Waals surface area contributed by atoms with Gasteiger partial charge in [0.25, 0.3) is 11.7 Å². The minimum absolute atomic E-state index is 0.361. The lowest BCUT2D eigenvalue weighted by Crippen LogP contribution is -2.26. The Morgan fingerprint density at radius 3 is 2.65 bits per heavy atom. The number of benzene rings is 2. The summed E-state index contributed by atoms with van der Waals surface area (Å²) in [5.41, 5.74) is 3.44. The van der Waals surface area contributed by atoms with E-state index in [9.17, 15) is 9.59 Å². The molecule has 6 heteroatoms. The Morgan fingerprint density at radius 2 is 1.87 bits per heavy atom. The summed E-state index contributed by atoms with van der Waals surface area (Å²) in [6, 6.07) is 18.9. The third-order valence-electron chi connectivity index (χ3n) is 5.26. The average molecular weight is 413 g/mol. The Kier molecular flexibility index (Phi) is 5.91. The van der Waals surface area contributed by atoms with E-state index in [0.29, 0.717) is 24.5 Å². The van der Waals surface area contributed by atoms with Crippen LogP contribution in [-0.2, 0) is 16.1 Å². The zero-order valence-corrected chi connectivity index (χ0v) is 17.5. The molecule has 0 unspecified atom stereocenters. The van der Waals surface area contributed by atoms with Gasteiger partial charge in [-0.3, -0.25) is 14.6 Å². The minimum Gasteiger partial charge on any atom is -0.383 e. The van der Waals surface area contributed by atoms with Gasteiger partial charge in [0.2, 0.25) is 0 Å². The summed E-state index contributed by atoms with van der Waals surface area (Å²) >= 11 is 0. The number of rotatable bonds is 7. The van der Waals surface area contributed by atoms with Crippen LogP contribution >= 0.6 is 0 Å². The van der Waals surface area contributed by atoms with Gasteiger partial charge in [0.1, 0.15) is 5.69 Å². The maximum Gasteiger partial charge on any atom is 0.298 e. The highest BCUT2D eigenvalue weighted by molar-refractivity contribution is 6.47. The number of hydrogen-bond donors (Lipinski definition) is 1. The van der Waals surface area contributed by atoms with E-state index in [1.165, 1.54) is 0 Å². The number of aromatic nitrogens is 2. The summed E-state index contributed by atoms with van der Waals surface area (Å²) in [5.74, 6) is -1.27. The molecule has 0 fully saturated rings. The normalized spacial score (nSPS) is 10.9. The highest BCUT2D eigenvalue weighted by Crippen LogP contribution is 2.29. The summed E-state index contributed by atoms with van der Waals surface area (Å²) < 4.78 is 7.06. The van der Waals surface area contributed by atoms with Crippen LogP contribution in [0.1, 0.15) is 16.2 Å². The van der Waals surface area contributed by atoms with E-state index in [2.05, 4.69) is 10.3 Å². The fourth-order valence-corrected chi connectivity index (χ4v) is 3.75. The molecule has 0 saturated heterocycles. The quantitative estimate of drug-likeness (QED) is 0.358. The van der Waals surface area contributed by atoms with E-state index in [1.54, 1.807) is 25.6 Å². The molecule has 156 valence electrons. The van der Waals surface area contributed by atoms with E-state index in [0.717, 1.165) is 27.6 Å². The first-order chi connectivity index (χ1) is 15.1. The van der Waals surface area contributed by atoms with Crippen LogP contribution in [0.25, 0.3) is 21.9 Å². The molecule has 4 aromatic rings. The van der Waals surface area contributed by atoms with Crippen LogP contribution in [0.2, 0.25) is 0 Å². The number of hydrogen-bond acceptors (Lipinski definition) is 4. The summed E-state index contributed by atoms with van der Waals surface area (Å²) in [5, 5.41) is 4.51. The van der Waals surface area contributed by atoms with Gasteiger partial charge in [0.15, 0.2) is 0 Å². The second-order valence-electron chi connectivity index (χ2n) is 7.24. The van der Waals surface area contributed by atoms with Gasteiger partial charge < -0.3 is 14.6 Å². The van der Waals surface area contributed by atoms with Crippen molar-refractivity contribution in [3.63, 3.8) is 0 Å². The van der Waals surface area contributed by atoms with Crippen LogP contribution in [-0.4, -0.2) is 35.0 Å². The monoisotopic (exact) mass is 413 g/mol. The van der Waals surface area contributed by atoms with Gasteiger partial charge in [0, 0.05) is 53.8 Å². The Hall–Kier alpha value is -3.77. The van der Waals surface area contributed by atoms with Crippen LogP contribution in [0.3, 0.4) is 0 Å². The fraction of sp³-hybridized carbons (Fsp3) is 0.160. The SMILES string of the molecule is COCCn1c(C)cc(-c2ccccc2)c1C(=O)C(=O)Nc1cccc2cnccc12. The number of methoxy groups -OCH3 is 1. The summed E-state index contributed by atoms with van der Waals surface area (Å²) in [7, 11) is 1.61. The van der Waals surface area contributed by atoms with Gasteiger partial charge in [0.05, 0.1) is 6.61 Å². The third kappa shape index (κ3) is 4.11. The molecule has 2 heterocycles. The van der Waals surface area contributed by atoms with Crippen LogP contribution in [0, 0.1) is 6.92 Å². The number of anilines is 1. The van der Waals surface area contributed by atoms with Crippen molar-refractivity contribution < 1.29 is 14.3 Å². The number of Topliss-reactive ketones (excluding diaryl/α,β-unsaturated/α-hetero) is 1. The molecule has 0 aliphatic rings. The van der Waals surface area contributed by atoms with Gasteiger partial charge in [-0.1, -0.05) is 42.5 Å².